The van der Waals surface area contributed by atoms with Crippen LogP contribution in [0.5, 0.6) is 0 Å². The van der Waals surface area contributed by atoms with Crippen molar-refractivity contribution >= 4 is 29.0 Å². The summed E-state index contributed by atoms with van der Waals surface area (Å²) < 4.78 is 10.6. The Bertz CT molecular complexity index is 737. The third-order valence-corrected chi connectivity index (χ3v) is 4.63. The lowest BCUT2D eigenvalue weighted by Crippen LogP contribution is -2.57. The molecule has 8 nitrogen and oxygen atoms in total. The van der Waals surface area contributed by atoms with Crippen LogP contribution in [0.3, 0.4) is 0 Å². The Kier molecular flexibility index (Phi) is 8.49. The molecule has 0 bridgehead atoms. The molecule has 9 heteroatoms. The molecule has 0 aliphatic carbocycles. The second kappa shape index (κ2) is 10.6. The maximum Gasteiger partial charge on any atom is 0.411 e. The highest BCUT2D eigenvalue weighted by Gasteiger charge is 2.42. The number of rotatable bonds is 6. The number of halogens is 1. The van der Waals surface area contributed by atoms with Gasteiger partial charge < -0.3 is 9.47 Å². The number of piperidine rings is 1. The summed E-state index contributed by atoms with van der Waals surface area (Å²) in [6.45, 7) is 7.30. The van der Waals surface area contributed by atoms with E-state index in [1.807, 2.05) is 30.3 Å². The van der Waals surface area contributed by atoms with Crippen LogP contribution in [0.1, 0.15) is 46.1 Å². The van der Waals surface area contributed by atoms with E-state index in [1.54, 1.807) is 27.7 Å². The minimum atomic E-state index is -0.797. The molecule has 0 unspecified atom stereocenters. The van der Waals surface area contributed by atoms with Crippen LogP contribution in [0.15, 0.2) is 30.3 Å². The predicted molar refractivity (Wildman–Crippen MR) is 111 cm³/mol. The molecule has 1 aromatic carbocycles. The van der Waals surface area contributed by atoms with Crippen molar-refractivity contribution in [2.24, 2.45) is 0 Å². The van der Waals surface area contributed by atoms with Crippen molar-refractivity contribution in [2.45, 2.75) is 64.8 Å². The van der Waals surface area contributed by atoms with Gasteiger partial charge in [-0.3, -0.25) is 14.5 Å². The van der Waals surface area contributed by atoms with Crippen LogP contribution in [-0.2, 0) is 25.7 Å². The van der Waals surface area contributed by atoms with Crippen LogP contribution in [0.2, 0.25) is 0 Å². The number of esters is 1. The molecule has 2 rings (SSSR count). The van der Waals surface area contributed by atoms with Crippen molar-refractivity contribution in [3.05, 3.63) is 35.9 Å². The van der Waals surface area contributed by atoms with E-state index in [2.05, 4.69) is 0 Å². The highest BCUT2D eigenvalue weighted by atomic mass is 35.5. The predicted octanol–water partition coefficient (Wildman–Crippen LogP) is 4.11. The van der Waals surface area contributed by atoms with E-state index in [1.165, 1.54) is 4.90 Å². The Morgan fingerprint density at radius 2 is 1.83 bits per heavy atom. The topological polar surface area (TPSA) is 85.4 Å². The molecule has 2 amide bonds. The fraction of sp³-hybridized carbons (Fsp3) is 0.571. The first-order chi connectivity index (χ1) is 14.1. The SMILES string of the molecule is CCOC(=O)[C@@H]1CC[C@@H](N(OCc2ccccc2)C(=O)Cl)CN1C(=O)OC(C)(C)C. The molecule has 0 aromatic heterocycles. The lowest BCUT2D eigenvalue weighted by Gasteiger charge is -2.41. The summed E-state index contributed by atoms with van der Waals surface area (Å²) in [4.78, 5) is 44.1. The van der Waals surface area contributed by atoms with Gasteiger partial charge in [0.2, 0.25) is 0 Å². The first-order valence-electron chi connectivity index (χ1n) is 9.94. The van der Waals surface area contributed by atoms with Crippen molar-refractivity contribution in [2.75, 3.05) is 13.2 Å². The summed E-state index contributed by atoms with van der Waals surface area (Å²) >= 11 is 5.76. The zero-order valence-corrected chi connectivity index (χ0v) is 18.6. The molecular formula is C21H29ClN2O6. The van der Waals surface area contributed by atoms with Gasteiger partial charge in [-0.1, -0.05) is 30.3 Å². The summed E-state index contributed by atoms with van der Waals surface area (Å²) in [6, 6.07) is 8.00. The average molecular weight is 441 g/mol. The standard InChI is InChI=1S/C21H29ClN2O6/c1-5-28-18(25)17-12-11-16(13-23(17)20(27)30-21(2,3)4)24(19(22)26)29-14-15-9-7-6-8-10-15/h6-10,16-17H,5,11-14H2,1-4H3/t16-,17+/m1/s1. The fourth-order valence-electron chi connectivity index (χ4n) is 3.17. The molecule has 1 aromatic rings. The summed E-state index contributed by atoms with van der Waals surface area (Å²) in [5.74, 6) is -0.504. The molecule has 0 N–H and O–H groups in total. The summed E-state index contributed by atoms with van der Waals surface area (Å²) in [7, 11) is 0. The number of hydrogen-bond donors (Lipinski definition) is 0. The molecule has 0 radical (unpaired) electrons. The summed E-state index contributed by atoms with van der Waals surface area (Å²) in [5, 5.41) is 0.266. The number of hydroxylamine groups is 2. The van der Waals surface area contributed by atoms with Crippen LogP contribution in [0.25, 0.3) is 0 Å². The van der Waals surface area contributed by atoms with Gasteiger partial charge in [-0.15, -0.1) is 0 Å². The van der Waals surface area contributed by atoms with Crippen molar-refractivity contribution in [1.82, 2.24) is 9.96 Å². The van der Waals surface area contributed by atoms with E-state index in [-0.39, 0.29) is 26.2 Å². The molecule has 0 saturated carbocycles. The number of benzene rings is 1. The molecule has 166 valence electrons. The van der Waals surface area contributed by atoms with Gasteiger partial charge >= 0.3 is 17.4 Å². The number of ether oxygens (including phenoxy) is 2. The Balaban J connectivity index is 2.16. The summed E-state index contributed by atoms with van der Waals surface area (Å²) in [6.07, 6.45) is 0.0454. The lowest BCUT2D eigenvalue weighted by molar-refractivity contribution is -0.168. The van der Waals surface area contributed by atoms with Gasteiger partial charge in [0.15, 0.2) is 0 Å². The first-order valence-corrected chi connectivity index (χ1v) is 10.3. The van der Waals surface area contributed by atoms with Crippen molar-refractivity contribution < 1.29 is 28.7 Å². The second-order valence-electron chi connectivity index (χ2n) is 7.97. The van der Waals surface area contributed by atoms with E-state index in [0.29, 0.717) is 6.42 Å². The Labute approximate surface area is 182 Å². The van der Waals surface area contributed by atoms with Gasteiger partial charge in [0.25, 0.3) is 0 Å². The van der Waals surface area contributed by atoms with E-state index in [0.717, 1.165) is 10.6 Å². The molecule has 1 heterocycles. The Morgan fingerprint density at radius 1 is 1.17 bits per heavy atom. The maximum atomic E-state index is 12.8. The van der Waals surface area contributed by atoms with Gasteiger partial charge in [0, 0.05) is 6.54 Å². The summed E-state index contributed by atoms with van der Waals surface area (Å²) in [5.41, 5.74) is 0.124. The quantitative estimate of drug-likeness (QED) is 0.286. The molecular weight excluding hydrogens is 412 g/mol. The molecule has 2 atom stereocenters. The minimum absolute atomic E-state index is 0.0334. The van der Waals surface area contributed by atoms with E-state index in [4.69, 9.17) is 25.9 Å². The number of amides is 2. The monoisotopic (exact) mass is 440 g/mol. The molecule has 1 saturated heterocycles. The maximum absolute atomic E-state index is 12.8. The van der Waals surface area contributed by atoms with Crippen molar-refractivity contribution in [3.63, 3.8) is 0 Å². The van der Waals surface area contributed by atoms with Crippen molar-refractivity contribution in [3.8, 4) is 0 Å². The van der Waals surface area contributed by atoms with E-state index >= 15 is 0 Å². The van der Waals surface area contributed by atoms with Gasteiger partial charge in [0.05, 0.1) is 12.6 Å². The highest BCUT2D eigenvalue weighted by molar-refractivity contribution is 6.62. The van der Waals surface area contributed by atoms with Crippen LogP contribution < -0.4 is 0 Å². The number of hydrogen-bond acceptors (Lipinski definition) is 6. The number of carbonyl (C=O) groups excluding carboxylic acids is 3. The first kappa shape index (κ1) is 24.0. The van der Waals surface area contributed by atoms with Gasteiger partial charge in [-0.05, 0) is 57.7 Å². The third kappa shape index (κ3) is 6.88. The molecule has 30 heavy (non-hydrogen) atoms. The van der Waals surface area contributed by atoms with Crippen LogP contribution in [0, 0.1) is 0 Å². The minimum Gasteiger partial charge on any atom is -0.464 e. The van der Waals surface area contributed by atoms with E-state index in [9.17, 15) is 14.4 Å². The largest absolute Gasteiger partial charge is 0.464 e. The second-order valence-corrected chi connectivity index (χ2v) is 8.29. The number of nitrogens with zero attached hydrogens (tertiary/aromatic N) is 2. The number of likely N-dealkylation sites (tertiary alicyclic amines) is 1. The normalized spacial score (nSPS) is 19.2. The Morgan fingerprint density at radius 3 is 2.40 bits per heavy atom. The lowest BCUT2D eigenvalue weighted by atomic mass is 9.98. The van der Waals surface area contributed by atoms with Crippen molar-refractivity contribution in [1.29, 1.82) is 0 Å². The zero-order chi connectivity index (χ0) is 22.3. The smallest absolute Gasteiger partial charge is 0.411 e. The van der Waals surface area contributed by atoms with Gasteiger partial charge in [0.1, 0.15) is 18.2 Å². The molecule has 1 fully saturated rings. The fourth-order valence-corrected chi connectivity index (χ4v) is 3.35. The van der Waals surface area contributed by atoms with Crippen LogP contribution in [-0.4, -0.2) is 58.2 Å². The highest BCUT2D eigenvalue weighted by Crippen LogP contribution is 2.26. The van der Waals surface area contributed by atoms with E-state index < -0.39 is 35.1 Å². The zero-order valence-electron chi connectivity index (χ0n) is 17.8. The third-order valence-electron chi connectivity index (χ3n) is 4.46. The molecule has 1 aliphatic rings. The number of carbonyl (C=O) groups is 3. The molecule has 1 aliphatic heterocycles. The van der Waals surface area contributed by atoms with Gasteiger partial charge in [-0.25, -0.2) is 14.7 Å². The van der Waals surface area contributed by atoms with Crippen LogP contribution >= 0.6 is 11.6 Å². The average Bonchev–Trinajstić information content (AvgIpc) is 2.67. The molecule has 0 spiro atoms. The Hall–Kier alpha value is -2.32. The van der Waals surface area contributed by atoms with Crippen LogP contribution in [0.4, 0.5) is 9.59 Å². The van der Waals surface area contributed by atoms with Gasteiger partial charge in [-0.2, -0.15) is 0 Å².